The lowest BCUT2D eigenvalue weighted by molar-refractivity contribution is -0.117. The molecule has 0 saturated carbocycles. The van der Waals surface area contributed by atoms with Crippen molar-refractivity contribution in [3.05, 3.63) is 60.2 Å². The largest absolute Gasteiger partial charge is 0.489 e. The first kappa shape index (κ1) is 20.0. The molecule has 31 heavy (non-hydrogen) atoms. The summed E-state index contributed by atoms with van der Waals surface area (Å²) in [4.78, 5) is 15.3. The van der Waals surface area contributed by atoms with E-state index in [2.05, 4.69) is 15.5 Å². The van der Waals surface area contributed by atoms with E-state index in [-0.39, 0.29) is 23.8 Å². The summed E-state index contributed by atoms with van der Waals surface area (Å²) in [5.41, 5.74) is 1.82. The van der Waals surface area contributed by atoms with Crippen molar-refractivity contribution in [2.45, 2.75) is 36.7 Å². The van der Waals surface area contributed by atoms with Gasteiger partial charge in [0.15, 0.2) is 0 Å². The van der Waals surface area contributed by atoms with Crippen LogP contribution in [0.25, 0.3) is 0 Å². The Balaban J connectivity index is 1.35. The lowest BCUT2D eigenvalue weighted by atomic mass is 10.0. The third-order valence-corrected chi connectivity index (χ3v) is 6.45. The molecule has 2 aliphatic rings. The lowest BCUT2D eigenvalue weighted by Crippen LogP contribution is -2.42. The number of nitrogens with zero attached hydrogens (tertiary/aromatic N) is 5. The predicted molar refractivity (Wildman–Crippen MR) is 116 cm³/mol. The van der Waals surface area contributed by atoms with Gasteiger partial charge in [-0.3, -0.25) is 9.69 Å². The van der Waals surface area contributed by atoms with E-state index in [1.165, 1.54) is 11.8 Å². The topological polar surface area (TPSA) is 82.4 Å². The van der Waals surface area contributed by atoms with Crippen molar-refractivity contribution in [2.24, 2.45) is 0 Å². The summed E-state index contributed by atoms with van der Waals surface area (Å²) >= 11 is 1.35. The molecule has 8 nitrogen and oxygen atoms in total. The Morgan fingerprint density at radius 2 is 1.97 bits per heavy atom. The van der Waals surface area contributed by atoms with E-state index in [0.717, 1.165) is 36.4 Å². The monoisotopic (exact) mass is 437 g/mol. The molecule has 0 spiro atoms. The van der Waals surface area contributed by atoms with Crippen LogP contribution >= 0.6 is 11.8 Å². The zero-order chi connectivity index (χ0) is 21.0. The average Bonchev–Trinajstić information content (AvgIpc) is 3.50. The molecule has 0 aliphatic carbocycles. The molecule has 160 valence electrons. The molecule has 1 saturated heterocycles. The van der Waals surface area contributed by atoms with Crippen molar-refractivity contribution in [3.8, 4) is 5.75 Å². The quantitative estimate of drug-likeness (QED) is 0.548. The van der Waals surface area contributed by atoms with E-state index in [1.54, 1.807) is 4.68 Å². The number of thioether (sulfide) groups is 1. The van der Waals surface area contributed by atoms with Gasteiger partial charge >= 0.3 is 0 Å². The standard InChI is InChI=1S/C22H23N5O3S/c28-21(15-31-22-23-24-25-26(22)13-17-9-6-12-29-17)27-18-10-4-5-11-20(18)30-14-19(27)16-7-2-1-3-8-16/h1-5,7-8,10-11,17,19H,6,9,12-15H2. The van der Waals surface area contributed by atoms with E-state index in [9.17, 15) is 4.79 Å². The molecule has 1 amide bonds. The minimum Gasteiger partial charge on any atom is -0.489 e. The number of carbonyl (C=O) groups is 1. The van der Waals surface area contributed by atoms with Gasteiger partial charge in [0.2, 0.25) is 11.1 Å². The van der Waals surface area contributed by atoms with Gasteiger partial charge in [-0.1, -0.05) is 54.2 Å². The Morgan fingerprint density at radius 1 is 1.13 bits per heavy atom. The first-order chi connectivity index (χ1) is 15.3. The van der Waals surface area contributed by atoms with Crippen molar-refractivity contribution in [1.29, 1.82) is 0 Å². The summed E-state index contributed by atoms with van der Waals surface area (Å²) in [6.07, 6.45) is 2.20. The molecule has 9 heteroatoms. The number of para-hydroxylation sites is 2. The summed E-state index contributed by atoms with van der Waals surface area (Å²) in [6.45, 7) is 1.80. The third kappa shape index (κ3) is 4.28. The number of hydrogen-bond acceptors (Lipinski definition) is 7. The molecule has 5 rings (SSSR count). The molecule has 2 atom stereocenters. The van der Waals surface area contributed by atoms with Gasteiger partial charge in [-0.25, -0.2) is 4.68 Å². The number of amides is 1. The summed E-state index contributed by atoms with van der Waals surface area (Å²) in [7, 11) is 0. The van der Waals surface area contributed by atoms with Crippen LogP contribution in [-0.4, -0.2) is 51.2 Å². The van der Waals surface area contributed by atoms with E-state index in [1.807, 2.05) is 59.5 Å². The smallest absolute Gasteiger partial charge is 0.238 e. The van der Waals surface area contributed by atoms with Crippen molar-refractivity contribution < 1.29 is 14.3 Å². The zero-order valence-corrected chi connectivity index (χ0v) is 17.8. The molecule has 1 aromatic heterocycles. The van der Waals surface area contributed by atoms with Crippen LogP contribution in [0.4, 0.5) is 5.69 Å². The van der Waals surface area contributed by atoms with Crippen LogP contribution < -0.4 is 9.64 Å². The molecule has 0 radical (unpaired) electrons. The van der Waals surface area contributed by atoms with Crippen molar-refractivity contribution in [3.63, 3.8) is 0 Å². The molecule has 3 heterocycles. The van der Waals surface area contributed by atoms with Crippen LogP contribution in [0.5, 0.6) is 5.75 Å². The summed E-state index contributed by atoms with van der Waals surface area (Å²) in [5.74, 6) is 0.932. The normalized spacial score (nSPS) is 20.3. The van der Waals surface area contributed by atoms with Crippen molar-refractivity contribution in [2.75, 3.05) is 23.9 Å². The van der Waals surface area contributed by atoms with Crippen LogP contribution in [0.15, 0.2) is 59.8 Å². The highest BCUT2D eigenvalue weighted by Gasteiger charge is 2.33. The van der Waals surface area contributed by atoms with Gasteiger partial charge in [-0.05, 0) is 41.0 Å². The first-order valence-corrected chi connectivity index (χ1v) is 11.4. The number of rotatable bonds is 6. The van der Waals surface area contributed by atoms with E-state index in [4.69, 9.17) is 9.47 Å². The Kier molecular flexibility index (Phi) is 5.86. The second-order valence-electron chi connectivity index (χ2n) is 7.54. The molecule has 1 fully saturated rings. The molecule has 0 bridgehead atoms. The van der Waals surface area contributed by atoms with Crippen LogP contribution in [-0.2, 0) is 16.1 Å². The van der Waals surface area contributed by atoms with E-state index in [0.29, 0.717) is 18.3 Å². The van der Waals surface area contributed by atoms with Gasteiger partial charge in [0.05, 0.1) is 30.1 Å². The van der Waals surface area contributed by atoms with Crippen LogP contribution in [0.3, 0.4) is 0 Å². The number of fused-ring (bicyclic) bond motifs is 1. The summed E-state index contributed by atoms with van der Waals surface area (Å²) in [5, 5.41) is 12.6. The fourth-order valence-electron chi connectivity index (χ4n) is 4.01. The maximum Gasteiger partial charge on any atom is 0.238 e. The minimum absolute atomic E-state index is 0.0127. The maximum atomic E-state index is 13.4. The number of hydrogen-bond donors (Lipinski definition) is 0. The molecule has 3 aromatic rings. The average molecular weight is 438 g/mol. The van der Waals surface area contributed by atoms with Gasteiger partial charge in [0.1, 0.15) is 12.4 Å². The molecule has 2 unspecified atom stereocenters. The number of ether oxygens (including phenoxy) is 2. The van der Waals surface area contributed by atoms with E-state index < -0.39 is 0 Å². The van der Waals surface area contributed by atoms with Crippen LogP contribution in [0.1, 0.15) is 24.4 Å². The van der Waals surface area contributed by atoms with Gasteiger partial charge in [0.25, 0.3) is 0 Å². The maximum absolute atomic E-state index is 13.4. The van der Waals surface area contributed by atoms with Crippen LogP contribution in [0, 0.1) is 0 Å². The van der Waals surface area contributed by atoms with Crippen LogP contribution in [0.2, 0.25) is 0 Å². The molecule has 0 N–H and O–H groups in total. The summed E-state index contributed by atoms with van der Waals surface area (Å²) in [6, 6.07) is 17.4. The molecule has 2 aromatic carbocycles. The fourth-order valence-corrected chi connectivity index (χ4v) is 4.76. The number of carbonyl (C=O) groups excluding carboxylic acids is 1. The highest BCUT2D eigenvalue weighted by Crippen LogP contribution is 2.39. The Bertz CT molecular complexity index is 1040. The van der Waals surface area contributed by atoms with E-state index >= 15 is 0 Å². The second-order valence-corrected chi connectivity index (χ2v) is 8.48. The molecular formula is C22H23N5O3S. The van der Waals surface area contributed by atoms with Gasteiger partial charge in [0, 0.05) is 6.61 Å². The lowest BCUT2D eigenvalue weighted by Gasteiger charge is -2.37. The molecule has 2 aliphatic heterocycles. The minimum atomic E-state index is -0.188. The first-order valence-electron chi connectivity index (χ1n) is 10.4. The zero-order valence-electron chi connectivity index (χ0n) is 17.0. The number of anilines is 1. The van der Waals surface area contributed by atoms with Crippen molar-refractivity contribution in [1.82, 2.24) is 20.2 Å². The Morgan fingerprint density at radius 3 is 2.81 bits per heavy atom. The fraction of sp³-hybridized carbons (Fsp3) is 0.364. The predicted octanol–water partition coefficient (Wildman–Crippen LogP) is 3.11. The highest BCUT2D eigenvalue weighted by atomic mass is 32.2. The van der Waals surface area contributed by atoms with Gasteiger partial charge in [-0.15, -0.1) is 5.10 Å². The highest BCUT2D eigenvalue weighted by molar-refractivity contribution is 7.99. The van der Waals surface area contributed by atoms with Gasteiger partial charge in [-0.2, -0.15) is 0 Å². The van der Waals surface area contributed by atoms with Gasteiger partial charge < -0.3 is 9.47 Å². The number of aromatic nitrogens is 4. The summed E-state index contributed by atoms with van der Waals surface area (Å²) < 4.78 is 13.4. The Hall–Kier alpha value is -2.91. The second kappa shape index (κ2) is 9.07. The number of benzene rings is 2. The SMILES string of the molecule is O=C(CSc1nnnn1CC1CCCO1)N1c2ccccc2OCC1c1ccccc1. The van der Waals surface area contributed by atoms with Crippen molar-refractivity contribution >= 4 is 23.4 Å². The Labute approximate surface area is 184 Å². The number of tetrazole rings is 1. The third-order valence-electron chi connectivity index (χ3n) is 5.51. The molecular weight excluding hydrogens is 414 g/mol.